The van der Waals surface area contributed by atoms with Gasteiger partial charge in [0.05, 0.1) is 5.69 Å². The molecule has 1 fully saturated rings. The molecule has 1 aliphatic rings. The maximum atomic E-state index is 12.6. The van der Waals surface area contributed by atoms with Crippen LogP contribution in [0.2, 0.25) is 0 Å². The van der Waals surface area contributed by atoms with Crippen molar-refractivity contribution >= 4 is 23.5 Å². The van der Waals surface area contributed by atoms with Crippen LogP contribution >= 0.6 is 0 Å². The lowest BCUT2D eigenvalue weighted by molar-refractivity contribution is -0.121. The first-order valence-corrected chi connectivity index (χ1v) is 9.86. The van der Waals surface area contributed by atoms with Gasteiger partial charge < -0.3 is 10.6 Å². The van der Waals surface area contributed by atoms with E-state index >= 15 is 0 Å². The van der Waals surface area contributed by atoms with Crippen LogP contribution in [0.4, 0.5) is 10.5 Å². The zero-order chi connectivity index (χ0) is 20.8. The lowest BCUT2D eigenvalue weighted by Gasteiger charge is -2.14. The number of carbonyl (C=O) groups is 3. The summed E-state index contributed by atoms with van der Waals surface area (Å²) < 4.78 is 0. The molecule has 4 amide bonds. The third kappa shape index (κ3) is 5.19. The molecule has 1 aromatic carbocycles. The zero-order valence-electron chi connectivity index (χ0n) is 16.7. The van der Waals surface area contributed by atoms with E-state index < -0.39 is 12.1 Å². The van der Waals surface area contributed by atoms with E-state index in [0.29, 0.717) is 24.6 Å². The van der Waals surface area contributed by atoms with E-state index in [9.17, 15) is 14.4 Å². The summed E-state index contributed by atoms with van der Waals surface area (Å²) in [4.78, 5) is 42.3. The highest BCUT2D eigenvalue weighted by Crippen LogP contribution is 2.24. The highest BCUT2D eigenvalue weighted by Gasteiger charge is 2.38. The number of carbonyl (C=O) groups excluding carboxylic acids is 3. The fourth-order valence-corrected chi connectivity index (χ4v) is 3.22. The molecule has 1 aliphatic heterocycles. The summed E-state index contributed by atoms with van der Waals surface area (Å²) in [5.74, 6) is -0.104. The second-order valence-corrected chi connectivity index (χ2v) is 7.38. The summed E-state index contributed by atoms with van der Waals surface area (Å²) in [6.45, 7) is 4.65. The number of urea groups is 1. The van der Waals surface area contributed by atoms with Gasteiger partial charge in [0, 0.05) is 31.3 Å². The van der Waals surface area contributed by atoms with Crippen molar-refractivity contribution in [2.75, 3.05) is 11.4 Å². The Labute approximate surface area is 170 Å². The van der Waals surface area contributed by atoms with Crippen LogP contribution < -0.4 is 15.5 Å². The van der Waals surface area contributed by atoms with Gasteiger partial charge in [0.15, 0.2) is 0 Å². The number of hydrogen-bond donors (Lipinski definition) is 2. The molecule has 1 aromatic heterocycles. The third-order valence-electron chi connectivity index (χ3n) is 4.93. The first kappa shape index (κ1) is 20.5. The molecule has 7 nitrogen and oxygen atoms in total. The second-order valence-electron chi connectivity index (χ2n) is 7.38. The SMILES string of the molecule is CC(C)c1ccc(N2C(=O)N[C@@H](CCC(=O)NCCc3ccccn3)C2=O)cc1. The lowest BCUT2D eigenvalue weighted by atomic mass is 10.0. The van der Waals surface area contributed by atoms with Crippen molar-refractivity contribution in [2.24, 2.45) is 0 Å². The van der Waals surface area contributed by atoms with Crippen molar-refractivity contribution in [1.82, 2.24) is 15.6 Å². The smallest absolute Gasteiger partial charge is 0.329 e. The zero-order valence-corrected chi connectivity index (χ0v) is 16.7. The molecular weight excluding hydrogens is 368 g/mol. The van der Waals surface area contributed by atoms with Gasteiger partial charge in [-0.05, 0) is 42.2 Å². The van der Waals surface area contributed by atoms with E-state index in [0.717, 1.165) is 16.2 Å². The Morgan fingerprint density at radius 3 is 2.59 bits per heavy atom. The summed E-state index contributed by atoms with van der Waals surface area (Å²) in [5, 5.41) is 5.50. The van der Waals surface area contributed by atoms with Crippen molar-refractivity contribution in [2.45, 2.75) is 45.1 Å². The molecule has 2 aromatic rings. The van der Waals surface area contributed by atoms with Crippen LogP contribution in [0.25, 0.3) is 0 Å². The van der Waals surface area contributed by atoms with Gasteiger partial charge in [-0.1, -0.05) is 32.0 Å². The van der Waals surface area contributed by atoms with Crippen molar-refractivity contribution in [3.05, 3.63) is 59.9 Å². The van der Waals surface area contributed by atoms with Gasteiger partial charge in [-0.2, -0.15) is 0 Å². The van der Waals surface area contributed by atoms with E-state index in [1.54, 1.807) is 18.3 Å². The van der Waals surface area contributed by atoms with Crippen LogP contribution in [0.1, 0.15) is 43.9 Å². The lowest BCUT2D eigenvalue weighted by Crippen LogP contribution is -2.33. The summed E-state index contributed by atoms with van der Waals surface area (Å²) in [6, 6.07) is 11.9. The number of amides is 4. The molecule has 1 saturated heterocycles. The molecular formula is C22H26N4O3. The molecule has 0 bridgehead atoms. The molecule has 0 radical (unpaired) electrons. The summed E-state index contributed by atoms with van der Waals surface area (Å²) in [6.07, 6.45) is 2.79. The summed E-state index contributed by atoms with van der Waals surface area (Å²) in [5.41, 5.74) is 2.59. The molecule has 0 unspecified atom stereocenters. The standard InChI is InChI=1S/C22H26N4O3/c1-15(2)16-6-8-18(9-7-16)26-21(28)19(25-22(26)29)10-11-20(27)24-14-12-17-5-3-4-13-23-17/h3-9,13,15,19H,10-12,14H2,1-2H3,(H,24,27)(H,25,29)/t19-/m0/s1. The number of nitrogens with one attached hydrogen (secondary N) is 2. The van der Waals surface area contributed by atoms with Crippen LogP contribution in [0.3, 0.4) is 0 Å². The molecule has 152 valence electrons. The van der Waals surface area contributed by atoms with Gasteiger partial charge in [-0.15, -0.1) is 0 Å². The summed E-state index contributed by atoms with van der Waals surface area (Å²) >= 11 is 0. The van der Waals surface area contributed by atoms with E-state index in [4.69, 9.17) is 0 Å². The van der Waals surface area contributed by atoms with Crippen LogP contribution in [0, 0.1) is 0 Å². The fraction of sp³-hybridized carbons (Fsp3) is 0.364. The van der Waals surface area contributed by atoms with Crippen LogP contribution in [-0.4, -0.2) is 35.4 Å². The number of imide groups is 1. The monoisotopic (exact) mass is 394 g/mol. The molecule has 2 heterocycles. The second kappa shape index (κ2) is 9.32. The number of aromatic nitrogens is 1. The molecule has 7 heteroatoms. The predicted molar refractivity (Wildman–Crippen MR) is 111 cm³/mol. The maximum absolute atomic E-state index is 12.6. The molecule has 0 spiro atoms. The van der Waals surface area contributed by atoms with E-state index in [2.05, 4.69) is 29.5 Å². The molecule has 0 aliphatic carbocycles. The minimum Gasteiger partial charge on any atom is -0.356 e. The Balaban J connectivity index is 1.48. The highest BCUT2D eigenvalue weighted by atomic mass is 16.2. The van der Waals surface area contributed by atoms with E-state index in [1.165, 1.54) is 0 Å². The molecule has 1 atom stereocenters. The normalized spacial score (nSPS) is 16.2. The van der Waals surface area contributed by atoms with Gasteiger partial charge in [0.25, 0.3) is 5.91 Å². The number of pyridine rings is 1. The van der Waals surface area contributed by atoms with Crippen LogP contribution in [0.15, 0.2) is 48.7 Å². The van der Waals surface area contributed by atoms with Crippen molar-refractivity contribution in [3.8, 4) is 0 Å². The number of rotatable bonds is 8. The Hall–Kier alpha value is -3.22. The van der Waals surface area contributed by atoms with Crippen LogP contribution in [-0.2, 0) is 16.0 Å². The average Bonchev–Trinajstić information content (AvgIpc) is 3.00. The number of benzene rings is 1. The molecule has 3 rings (SSSR count). The Morgan fingerprint density at radius 1 is 1.17 bits per heavy atom. The van der Waals surface area contributed by atoms with Crippen LogP contribution in [0.5, 0.6) is 0 Å². The maximum Gasteiger partial charge on any atom is 0.329 e. The molecule has 29 heavy (non-hydrogen) atoms. The largest absolute Gasteiger partial charge is 0.356 e. The van der Waals surface area contributed by atoms with E-state index in [1.807, 2.05) is 30.3 Å². The first-order chi connectivity index (χ1) is 14.0. The third-order valence-corrected chi connectivity index (χ3v) is 4.93. The topological polar surface area (TPSA) is 91.4 Å². The highest BCUT2D eigenvalue weighted by molar-refractivity contribution is 6.21. The van der Waals surface area contributed by atoms with Gasteiger partial charge in [-0.3, -0.25) is 14.6 Å². The number of nitrogens with zero attached hydrogens (tertiary/aromatic N) is 2. The van der Waals surface area contributed by atoms with Gasteiger partial charge in [0.2, 0.25) is 5.91 Å². The van der Waals surface area contributed by atoms with Crippen molar-refractivity contribution in [3.63, 3.8) is 0 Å². The molecule has 0 saturated carbocycles. The Morgan fingerprint density at radius 2 is 1.93 bits per heavy atom. The summed E-state index contributed by atoms with van der Waals surface area (Å²) in [7, 11) is 0. The average molecular weight is 394 g/mol. The Kier molecular flexibility index (Phi) is 6.59. The van der Waals surface area contributed by atoms with Gasteiger partial charge in [-0.25, -0.2) is 9.69 Å². The van der Waals surface area contributed by atoms with Crippen molar-refractivity contribution in [1.29, 1.82) is 0 Å². The fourth-order valence-electron chi connectivity index (χ4n) is 3.22. The molecule has 2 N–H and O–H groups in total. The van der Waals surface area contributed by atoms with E-state index in [-0.39, 0.29) is 24.7 Å². The van der Waals surface area contributed by atoms with Gasteiger partial charge in [0.1, 0.15) is 6.04 Å². The Bertz CT molecular complexity index is 865. The minimum atomic E-state index is -0.686. The number of anilines is 1. The minimum absolute atomic E-state index is 0.150. The first-order valence-electron chi connectivity index (χ1n) is 9.86. The van der Waals surface area contributed by atoms with Gasteiger partial charge >= 0.3 is 6.03 Å². The van der Waals surface area contributed by atoms with Crippen molar-refractivity contribution < 1.29 is 14.4 Å². The quantitative estimate of drug-likeness (QED) is 0.674. The predicted octanol–water partition coefficient (Wildman–Crippen LogP) is 2.77. The number of hydrogen-bond acceptors (Lipinski definition) is 4.